The molecule has 0 aliphatic heterocycles. The molecular formula is C14H20BrNOS. The highest BCUT2D eigenvalue weighted by molar-refractivity contribution is 9.10. The van der Waals surface area contributed by atoms with Gasteiger partial charge in [0.1, 0.15) is 0 Å². The predicted octanol–water partition coefficient (Wildman–Crippen LogP) is 3.14. The van der Waals surface area contributed by atoms with Crippen molar-refractivity contribution in [3.05, 3.63) is 33.8 Å². The van der Waals surface area contributed by atoms with Crippen molar-refractivity contribution < 1.29 is 5.11 Å². The van der Waals surface area contributed by atoms with Gasteiger partial charge in [-0.05, 0) is 49.3 Å². The Labute approximate surface area is 122 Å². The molecule has 1 aliphatic carbocycles. The molecule has 4 heteroatoms. The van der Waals surface area contributed by atoms with Crippen LogP contribution in [0.3, 0.4) is 0 Å². The zero-order valence-electron chi connectivity index (χ0n) is 10.8. The lowest BCUT2D eigenvalue weighted by atomic mass is 10.1. The van der Waals surface area contributed by atoms with Crippen LogP contribution in [0.1, 0.15) is 30.5 Å². The molecular weight excluding hydrogens is 310 g/mol. The second kappa shape index (κ2) is 6.42. The van der Waals surface area contributed by atoms with Gasteiger partial charge >= 0.3 is 0 Å². The molecule has 1 aliphatic rings. The zero-order valence-corrected chi connectivity index (χ0v) is 13.2. The van der Waals surface area contributed by atoms with E-state index in [4.69, 9.17) is 0 Å². The average Bonchev–Trinajstić information content (AvgIpc) is 2.73. The molecule has 0 spiro atoms. The number of aryl methyl sites for hydroxylation is 1. The van der Waals surface area contributed by atoms with Gasteiger partial charge < -0.3 is 10.4 Å². The van der Waals surface area contributed by atoms with E-state index in [9.17, 15) is 5.11 Å². The Morgan fingerprint density at radius 1 is 1.56 bits per heavy atom. The minimum atomic E-state index is 0.231. The quantitative estimate of drug-likeness (QED) is 0.870. The maximum Gasteiger partial charge on any atom is 0.0564 e. The van der Waals surface area contributed by atoms with Gasteiger partial charge in [0.2, 0.25) is 0 Å². The third kappa shape index (κ3) is 3.10. The van der Waals surface area contributed by atoms with Gasteiger partial charge in [0.05, 0.1) is 6.61 Å². The number of fused-ring (bicyclic) bond motifs is 1. The van der Waals surface area contributed by atoms with E-state index in [2.05, 4.69) is 52.6 Å². The minimum Gasteiger partial charge on any atom is -0.395 e. The van der Waals surface area contributed by atoms with Crippen molar-refractivity contribution in [2.45, 2.75) is 37.1 Å². The van der Waals surface area contributed by atoms with E-state index in [0.29, 0.717) is 12.1 Å². The van der Waals surface area contributed by atoms with Gasteiger partial charge in [-0.15, -0.1) is 0 Å². The van der Waals surface area contributed by atoms with Crippen LogP contribution in [0.5, 0.6) is 0 Å². The van der Waals surface area contributed by atoms with Crippen molar-refractivity contribution in [1.29, 1.82) is 0 Å². The first-order valence-electron chi connectivity index (χ1n) is 6.33. The highest BCUT2D eigenvalue weighted by Crippen LogP contribution is 2.33. The fourth-order valence-electron chi connectivity index (χ4n) is 2.62. The lowest BCUT2D eigenvalue weighted by Crippen LogP contribution is -2.39. The normalized spacial score (nSPS) is 21.7. The van der Waals surface area contributed by atoms with Gasteiger partial charge in [-0.2, -0.15) is 11.8 Å². The molecule has 0 amide bonds. The Balaban J connectivity index is 2.05. The molecule has 0 aromatic heterocycles. The average molecular weight is 330 g/mol. The van der Waals surface area contributed by atoms with E-state index < -0.39 is 0 Å². The molecule has 0 bridgehead atoms. The van der Waals surface area contributed by atoms with Crippen molar-refractivity contribution in [3.63, 3.8) is 0 Å². The van der Waals surface area contributed by atoms with E-state index in [-0.39, 0.29) is 11.9 Å². The molecule has 0 fully saturated rings. The Bertz CT molecular complexity index is 409. The van der Waals surface area contributed by atoms with Crippen molar-refractivity contribution in [3.8, 4) is 0 Å². The Morgan fingerprint density at radius 3 is 3.00 bits per heavy atom. The van der Waals surface area contributed by atoms with Gasteiger partial charge in [0.25, 0.3) is 0 Å². The van der Waals surface area contributed by atoms with E-state index in [1.807, 2.05) is 0 Å². The SMILES string of the molecule is CSC(CO)C(C)NC1CCc2cc(Br)ccc21. The van der Waals surface area contributed by atoms with Crippen LogP contribution in [-0.4, -0.2) is 29.3 Å². The summed E-state index contributed by atoms with van der Waals surface area (Å²) in [6, 6.07) is 7.31. The summed E-state index contributed by atoms with van der Waals surface area (Å²) < 4.78 is 1.16. The summed E-state index contributed by atoms with van der Waals surface area (Å²) in [6.45, 7) is 2.39. The predicted molar refractivity (Wildman–Crippen MR) is 82.2 cm³/mol. The van der Waals surface area contributed by atoms with Crippen LogP contribution >= 0.6 is 27.7 Å². The third-order valence-electron chi connectivity index (χ3n) is 3.69. The number of aliphatic hydroxyl groups excluding tert-OH is 1. The van der Waals surface area contributed by atoms with E-state index in [1.165, 1.54) is 11.1 Å². The molecule has 3 unspecified atom stereocenters. The summed E-state index contributed by atoms with van der Waals surface area (Å²) >= 11 is 5.25. The lowest BCUT2D eigenvalue weighted by molar-refractivity contribution is 0.270. The smallest absolute Gasteiger partial charge is 0.0564 e. The van der Waals surface area contributed by atoms with Crippen LogP contribution in [-0.2, 0) is 6.42 Å². The fourth-order valence-corrected chi connectivity index (χ4v) is 3.67. The summed E-state index contributed by atoms with van der Waals surface area (Å²) in [5.41, 5.74) is 2.86. The topological polar surface area (TPSA) is 32.3 Å². The summed E-state index contributed by atoms with van der Waals surface area (Å²) in [5.74, 6) is 0. The molecule has 2 N–H and O–H groups in total. The molecule has 0 saturated carbocycles. The van der Waals surface area contributed by atoms with E-state index in [1.54, 1.807) is 11.8 Å². The Hall–Kier alpha value is -0.0300. The van der Waals surface area contributed by atoms with Crippen molar-refractivity contribution in [2.75, 3.05) is 12.9 Å². The number of halogens is 1. The van der Waals surface area contributed by atoms with Crippen LogP contribution in [0, 0.1) is 0 Å². The van der Waals surface area contributed by atoms with Gasteiger partial charge in [-0.1, -0.05) is 22.0 Å². The summed E-state index contributed by atoms with van der Waals surface area (Å²) in [6.07, 6.45) is 4.35. The number of thioether (sulfide) groups is 1. The highest BCUT2D eigenvalue weighted by Gasteiger charge is 2.25. The monoisotopic (exact) mass is 329 g/mol. The Morgan fingerprint density at radius 2 is 2.33 bits per heavy atom. The van der Waals surface area contributed by atoms with Gasteiger partial charge in [-0.25, -0.2) is 0 Å². The summed E-state index contributed by atoms with van der Waals surface area (Å²) in [7, 11) is 0. The molecule has 2 rings (SSSR count). The van der Waals surface area contributed by atoms with E-state index >= 15 is 0 Å². The highest BCUT2D eigenvalue weighted by atomic mass is 79.9. The number of hydrogen-bond donors (Lipinski definition) is 2. The first-order valence-corrected chi connectivity index (χ1v) is 8.41. The largest absolute Gasteiger partial charge is 0.395 e. The fraction of sp³-hybridized carbons (Fsp3) is 0.571. The third-order valence-corrected chi connectivity index (χ3v) is 5.34. The molecule has 0 radical (unpaired) electrons. The van der Waals surface area contributed by atoms with Crippen LogP contribution in [0.15, 0.2) is 22.7 Å². The number of aliphatic hydroxyl groups is 1. The number of nitrogens with one attached hydrogen (secondary N) is 1. The molecule has 3 atom stereocenters. The van der Waals surface area contributed by atoms with Gasteiger partial charge in [0, 0.05) is 21.8 Å². The second-order valence-corrected chi connectivity index (χ2v) is 6.84. The second-order valence-electron chi connectivity index (χ2n) is 4.85. The number of hydrogen-bond acceptors (Lipinski definition) is 3. The first-order chi connectivity index (χ1) is 8.65. The number of rotatable bonds is 5. The molecule has 1 aromatic carbocycles. The molecule has 0 saturated heterocycles. The van der Waals surface area contributed by atoms with Crippen LogP contribution in [0.2, 0.25) is 0 Å². The maximum absolute atomic E-state index is 9.33. The van der Waals surface area contributed by atoms with Gasteiger partial charge in [0.15, 0.2) is 0 Å². The van der Waals surface area contributed by atoms with Crippen molar-refractivity contribution >= 4 is 27.7 Å². The van der Waals surface area contributed by atoms with Crippen molar-refractivity contribution in [1.82, 2.24) is 5.32 Å². The maximum atomic E-state index is 9.33. The molecule has 2 nitrogen and oxygen atoms in total. The molecule has 0 heterocycles. The van der Waals surface area contributed by atoms with Crippen LogP contribution < -0.4 is 5.32 Å². The Kier molecular flexibility index (Phi) is 5.13. The van der Waals surface area contributed by atoms with Crippen molar-refractivity contribution in [2.24, 2.45) is 0 Å². The van der Waals surface area contributed by atoms with E-state index in [0.717, 1.165) is 17.3 Å². The van der Waals surface area contributed by atoms with Crippen LogP contribution in [0.4, 0.5) is 0 Å². The van der Waals surface area contributed by atoms with Gasteiger partial charge in [-0.3, -0.25) is 0 Å². The summed E-state index contributed by atoms with van der Waals surface area (Å²) in [5, 5.41) is 13.3. The lowest BCUT2D eigenvalue weighted by Gasteiger charge is -2.25. The van der Waals surface area contributed by atoms with Crippen LogP contribution in [0.25, 0.3) is 0 Å². The number of benzene rings is 1. The first kappa shape index (κ1) is 14.4. The molecule has 1 aromatic rings. The molecule has 18 heavy (non-hydrogen) atoms. The summed E-state index contributed by atoms with van der Waals surface area (Å²) in [4.78, 5) is 0. The minimum absolute atomic E-state index is 0.231. The molecule has 100 valence electrons. The zero-order chi connectivity index (χ0) is 13.1. The standard InChI is InChI=1S/C14H20BrNOS/c1-9(14(8-17)18-2)16-13-6-3-10-7-11(15)4-5-12(10)13/h4-5,7,9,13-14,16-17H,3,6,8H2,1-2H3.